The van der Waals surface area contributed by atoms with Crippen LogP contribution in [0.1, 0.15) is 15.9 Å². The number of nitrogens with zero attached hydrogens (tertiary/aromatic N) is 2. The summed E-state index contributed by atoms with van der Waals surface area (Å²) in [5.74, 6) is -0.876. The predicted octanol–water partition coefficient (Wildman–Crippen LogP) is 2.14. The van der Waals surface area contributed by atoms with Crippen molar-refractivity contribution in [2.45, 2.75) is 0 Å². The van der Waals surface area contributed by atoms with Crippen molar-refractivity contribution < 1.29 is 19.2 Å². The molecule has 0 heterocycles. The molecule has 9 nitrogen and oxygen atoms in total. The first-order valence-corrected chi connectivity index (χ1v) is 7.96. The summed E-state index contributed by atoms with van der Waals surface area (Å²) in [6.07, 6.45) is 1.24. The lowest BCUT2D eigenvalue weighted by Gasteiger charge is -2.04. The van der Waals surface area contributed by atoms with Crippen LogP contribution in [0.25, 0.3) is 0 Å². The number of hydrazone groups is 1. The lowest BCUT2D eigenvalue weighted by atomic mass is 10.2. The van der Waals surface area contributed by atoms with Crippen LogP contribution in [0, 0.1) is 10.1 Å². The molecule has 140 valence electrons. The molecule has 2 aromatic carbocycles. The number of rotatable bonds is 7. The van der Waals surface area contributed by atoms with Crippen LogP contribution in [0.2, 0.25) is 5.02 Å². The number of benzene rings is 2. The molecule has 0 bridgehead atoms. The Balaban J connectivity index is 1.88. The van der Waals surface area contributed by atoms with Gasteiger partial charge in [0, 0.05) is 22.2 Å². The number of ether oxygens (including phenoxy) is 1. The Labute approximate surface area is 159 Å². The van der Waals surface area contributed by atoms with Crippen molar-refractivity contribution in [1.82, 2.24) is 10.7 Å². The van der Waals surface area contributed by atoms with Gasteiger partial charge in [-0.15, -0.1) is 0 Å². The fourth-order valence-corrected chi connectivity index (χ4v) is 2.14. The molecule has 2 aromatic rings. The molecule has 0 aliphatic rings. The molecule has 0 spiro atoms. The van der Waals surface area contributed by atoms with Crippen LogP contribution in [0.15, 0.2) is 47.6 Å². The third-order valence-corrected chi connectivity index (χ3v) is 3.57. The standard InChI is InChI=1S/C17H15ClN4O5/c1-27-15-7-2-11(8-14(15)22(25)26)9-20-21-16(23)10-19-17(24)12-3-5-13(18)6-4-12/h2-9H,10H2,1H3,(H,19,24)(H,21,23). The summed E-state index contributed by atoms with van der Waals surface area (Å²) in [6, 6.07) is 10.4. The largest absolute Gasteiger partial charge is 0.490 e. The molecule has 0 unspecified atom stereocenters. The Hall–Kier alpha value is -3.46. The topological polar surface area (TPSA) is 123 Å². The highest BCUT2D eigenvalue weighted by Gasteiger charge is 2.14. The van der Waals surface area contributed by atoms with Gasteiger partial charge in [0.25, 0.3) is 11.8 Å². The van der Waals surface area contributed by atoms with Crippen molar-refractivity contribution in [3.05, 3.63) is 68.7 Å². The summed E-state index contributed by atoms with van der Waals surface area (Å²) in [6.45, 7) is -0.290. The van der Waals surface area contributed by atoms with Gasteiger partial charge in [-0.3, -0.25) is 19.7 Å². The summed E-state index contributed by atoms with van der Waals surface area (Å²) in [5.41, 5.74) is 2.76. The molecular weight excluding hydrogens is 376 g/mol. The maximum Gasteiger partial charge on any atom is 0.311 e. The van der Waals surface area contributed by atoms with Gasteiger partial charge in [0.2, 0.25) is 0 Å². The average molecular weight is 391 g/mol. The molecule has 2 rings (SSSR count). The number of halogens is 1. The lowest BCUT2D eigenvalue weighted by molar-refractivity contribution is -0.385. The number of methoxy groups -OCH3 is 1. The van der Waals surface area contributed by atoms with Gasteiger partial charge >= 0.3 is 5.69 Å². The second kappa shape index (κ2) is 9.30. The third-order valence-electron chi connectivity index (χ3n) is 3.32. The van der Waals surface area contributed by atoms with Gasteiger partial charge < -0.3 is 10.1 Å². The molecule has 0 saturated carbocycles. The lowest BCUT2D eigenvalue weighted by Crippen LogP contribution is -2.34. The molecule has 0 aliphatic carbocycles. The van der Waals surface area contributed by atoms with E-state index in [1.54, 1.807) is 18.2 Å². The van der Waals surface area contributed by atoms with Crippen molar-refractivity contribution in [2.24, 2.45) is 5.10 Å². The Morgan fingerprint density at radius 3 is 2.59 bits per heavy atom. The van der Waals surface area contributed by atoms with Crippen LogP contribution < -0.4 is 15.5 Å². The van der Waals surface area contributed by atoms with Crippen LogP contribution in [0.5, 0.6) is 5.75 Å². The number of hydrogen-bond acceptors (Lipinski definition) is 6. The average Bonchev–Trinajstić information content (AvgIpc) is 2.66. The molecule has 0 atom stereocenters. The number of nitro groups is 1. The molecule has 0 fully saturated rings. The molecule has 10 heteroatoms. The fraction of sp³-hybridized carbons (Fsp3) is 0.118. The number of carbonyl (C=O) groups excluding carboxylic acids is 2. The zero-order chi connectivity index (χ0) is 19.8. The predicted molar refractivity (Wildman–Crippen MR) is 99.2 cm³/mol. The van der Waals surface area contributed by atoms with E-state index in [1.807, 2.05) is 0 Å². The van der Waals surface area contributed by atoms with Gasteiger partial charge in [-0.05, 0) is 36.4 Å². The van der Waals surface area contributed by atoms with Crippen LogP contribution in [-0.4, -0.2) is 36.6 Å². The van der Waals surface area contributed by atoms with E-state index in [-0.39, 0.29) is 18.0 Å². The first-order chi connectivity index (χ1) is 12.9. The zero-order valence-electron chi connectivity index (χ0n) is 14.1. The van der Waals surface area contributed by atoms with Crippen molar-refractivity contribution in [2.75, 3.05) is 13.7 Å². The number of nitro benzene ring substituents is 1. The summed E-state index contributed by atoms with van der Waals surface area (Å²) < 4.78 is 4.90. The quantitative estimate of drug-likeness (QED) is 0.426. The van der Waals surface area contributed by atoms with E-state index >= 15 is 0 Å². The smallest absolute Gasteiger partial charge is 0.311 e. The first kappa shape index (κ1) is 19.9. The van der Waals surface area contributed by atoms with Crippen molar-refractivity contribution in [3.63, 3.8) is 0 Å². The van der Waals surface area contributed by atoms with Crippen LogP contribution in [0.4, 0.5) is 5.69 Å². The molecule has 0 radical (unpaired) electrons. The second-order valence-corrected chi connectivity index (χ2v) is 5.61. The molecular formula is C17H15ClN4O5. The Morgan fingerprint density at radius 2 is 1.96 bits per heavy atom. The van der Waals surface area contributed by atoms with Crippen molar-refractivity contribution in [1.29, 1.82) is 0 Å². The maximum atomic E-state index is 11.9. The normalized spacial score (nSPS) is 10.4. The molecule has 0 saturated heterocycles. The highest BCUT2D eigenvalue weighted by Crippen LogP contribution is 2.26. The first-order valence-electron chi connectivity index (χ1n) is 7.59. The minimum Gasteiger partial charge on any atom is -0.490 e. The molecule has 27 heavy (non-hydrogen) atoms. The molecule has 2 N–H and O–H groups in total. The highest BCUT2D eigenvalue weighted by molar-refractivity contribution is 6.30. The number of carbonyl (C=O) groups is 2. The van der Waals surface area contributed by atoms with E-state index in [1.165, 1.54) is 37.6 Å². The van der Waals surface area contributed by atoms with Gasteiger partial charge in [0.05, 0.1) is 24.8 Å². The summed E-state index contributed by atoms with van der Waals surface area (Å²) in [7, 11) is 1.33. The van der Waals surface area contributed by atoms with Crippen LogP contribution >= 0.6 is 11.6 Å². The summed E-state index contributed by atoms with van der Waals surface area (Å²) in [4.78, 5) is 34.0. The Kier molecular flexibility index (Phi) is 6.84. The summed E-state index contributed by atoms with van der Waals surface area (Å²) >= 11 is 5.74. The Bertz CT molecular complexity index is 883. The van der Waals surface area contributed by atoms with Crippen LogP contribution in [0.3, 0.4) is 0 Å². The van der Waals surface area contributed by atoms with Gasteiger partial charge in [0.15, 0.2) is 5.75 Å². The van der Waals surface area contributed by atoms with Gasteiger partial charge in [-0.25, -0.2) is 5.43 Å². The maximum absolute atomic E-state index is 11.9. The highest BCUT2D eigenvalue weighted by atomic mass is 35.5. The SMILES string of the molecule is COc1ccc(C=NNC(=O)CNC(=O)c2ccc(Cl)cc2)cc1[N+](=O)[O-]. The number of hydrogen-bond donors (Lipinski definition) is 2. The number of nitrogens with one attached hydrogen (secondary N) is 2. The van der Waals surface area contributed by atoms with Gasteiger partial charge in [-0.2, -0.15) is 5.10 Å². The van der Waals surface area contributed by atoms with Crippen molar-refractivity contribution in [3.8, 4) is 5.75 Å². The van der Waals surface area contributed by atoms with E-state index in [4.69, 9.17) is 16.3 Å². The number of amides is 2. The monoisotopic (exact) mass is 390 g/mol. The van der Waals surface area contributed by atoms with E-state index in [0.29, 0.717) is 16.1 Å². The molecule has 0 aromatic heterocycles. The Morgan fingerprint density at radius 1 is 1.26 bits per heavy atom. The molecule has 2 amide bonds. The zero-order valence-corrected chi connectivity index (χ0v) is 14.9. The van der Waals surface area contributed by atoms with Gasteiger partial charge in [-0.1, -0.05) is 11.6 Å². The van der Waals surface area contributed by atoms with E-state index < -0.39 is 16.7 Å². The third kappa shape index (κ3) is 5.79. The van der Waals surface area contributed by atoms with Crippen LogP contribution in [-0.2, 0) is 4.79 Å². The fourth-order valence-electron chi connectivity index (χ4n) is 2.01. The van der Waals surface area contributed by atoms with Crippen molar-refractivity contribution >= 4 is 35.3 Å². The van der Waals surface area contributed by atoms with E-state index in [2.05, 4.69) is 15.8 Å². The minimum absolute atomic E-state index is 0.117. The van der Waals surface area contributed by atoms with E-state index in [0.717, 1.165) is 0 Å². The summed E-state index contributed by atoms with van der Waals surface area (Å²) in [5, 5.41) is 17.6. The van der Waals surface area contributed by atoms with Gasteiger partial charge in [0.1, 0.15) is 0 Å². The second-order valence-electron chi connectivity index (χ2n) is 5.17. The molecule has 0 aliphatic heterocycles. The van der Waals surface area contributed by atoms with E-state index in [9.17, 15) is 19.7 Å². The minimum atomic E-state index is -0.582.